The van der Waals surface area contributed by atoms with Crippen molar-refractivity contribution in [1.29, 1.82) is 0 Å². The molecule has 0 saturated heterocycles. The topological polar surface area (TPSA) is 62.8 Å². The van der Waals surface area contributed by atoms with Crippen molar-refractivity contribution in [2.45, 2.75) is 77.2 Å². The first-order valence-corrected chi connectivity index (χ1v) is 10.2. The first-order valence-electron chi connectivity index (χ1n) is 9.41. The van der Waals surface area contributed by atoms with E-state index in [-0.39, 0.29) is 18.6 Å². The number of ether oxygens (including phenoxy) is 2. The highest BCUT2D eigenvalue weighted by Gasteiger charge is 2.55. The minimum Gasteiger partial charge on any atom is -0.396 e. The molecule has 3 N–H and O–H groups in total. The number of unbranched alkanes of at least 4 members (excludes halogenated alkanes) is 2. The number of methoxy groups -OCH3 is 1. The van der Waals surface area contributed by atoms with Gasteiger partial charge in [-0.15, -0.1) is 0 Å². The summed E-state index contributed by atoms with van der Waals surface area (Å²) < 4.78 is 18.1. The van der Waals surface area contributed by atoms with Crippen molar-refractivity contribution in [3.8, 4) is 0 Å². The minimum absolute atomic E-state index is 0.0279. The lowest BCUT2D eigenvalue weighted by Gasteiger charge is -2.25. The smallest absolute Gasteiger partial charge is 0.226 e. The van der Waals surface area contributed by atoms with Crippen molar-refractivity contribution >= 4 is 12.1 Å². The van der Waals surface area contributed by atoms with Gasteiger partial charge in [-0.2, -0.15) is 4.72 Å². The molecule has 1 saturated carbocycles. The Kier molecular flexibility index (Phi) is 12.0. The van der Waals surface area contributed by atoms with Crippen LogP contribution in [0.3, 0.4) is 0 Å². The van der Waals surface area contributed by atoms with Crippen LogP contribution in [0.25, 0.3) is 0 Å². The molecular formula is C18H36N2O3S. The number of rotatable bonds is 11. The predicted molar refractivity (Wildman–Crippen MR) is 101 cm³/mol. The lowest BCUT2D eigenvalue weighted by atomic mass is 10.0. The fourth-order valence-electron chi connectivity index (χ4n) is 3.05. The highest BCUT2D eigenvalue weighted by molar-refractivity contribution is 7.95. The lowest BCUT2D eigenvalue weighted by molar-refractivity contribution is -0.176. The molecule has 1 fully saturated rings. The van der Waals surface area contributed by atoms with E-state index in [1.54, 1.807) is 7.11 Å². The average molecular weight is 361 g/mol. The zero-order valence-corrected chi connectivity index (χ0v) is 16.4. The largest absolute Gasteiger partial charge is 0.396 e. The standard InChI is InChI=1S/C16H30N2O3S.C2H6/c1-20-15(18-22-17-11-7-4-8-12-19)21-16-10-6-3-2-5-9-14(16)13-16;1-2/h2-3,14-15,17-19H,4-13H2,1H3;1-2H3/b3-2-;. The van der Waals surface area contributed by atoms with Gasteiger partial charge in [0.25, 0.3) is 0 Å². The number of fused-ring (bicyclic) bond motifs is 1. The molecule has 2 rings (SSSR count). The van der Waals surface area contributed by atoms with Gasteiger partial charge in [-0.3, -0.25) is 4.72 Å². The summed E-state index contributed by atoms with van der Waals surface area (Å²) in [6.07, 6.45) is 12.9. The molecule has 0 aliphatic heterocycles. The number of hydrogen-bond acceptors (Lipinski definition) is 6. The van der Waals surface area contributed by atoms with Gasteiger partial charge in [0.05, 0.1) is 5.60 Å². The highest BCUT2D eigenvalue weighted by Crippen LogP contribution is 2.54. The van der Waals surface area contributed by atoms with E-state index in [1.807, 2.05) is 13.8 Å². The molecule has 142 valence electrons. The summed E-state index contributed by atoms with van der Waals surface area (Å²) in [4.78, 5) is 0. The summed E-state index contributed by atoms with van der Waals surface area (Å²) in [6, 6.07) is 0. The van der Waals surface area contributed by atoms with E-state index < -0.39 is 0 Å². The van der Waals surface area contributed by atoms with Crippen molar-refractivity contribution in [3.05, 3.63) is 12.2 Å². The van der Waals surface area contributed by atoms with Gasteiger partial charge in [0.2, 0.25) is 6.41 Å². The van der Waals surface area contributed by atoms with Crippen LogP contribution < -0.4 is 9.44 Å². The van der Waals surface area contributed by atoms with Crippen LogP contribution in [-0.2, 0) is 9.47 Å². The summed E-state index contributed by atoms with van der Waals surface area (Å²) in [5.41, 5.74) is 0.0279. The van der Waals surface area contributed by atoms with E-state index in [0.717, 1.165) is 45.1 Å². The molecule has 0 amide bonds. The van der Waals surface area contributed by atoms with Crippen LogP contribution in [0, 0.1) is 5.92 Å². The van der Waals surface area contributed by atoms with Crippen LogP contribution in [-0.4, -0.2) is 37.4 Å². The van der Waals surface area contributed by atoms with Crippen molar-refractivity contribution in [1.82, 2.24) is 9.44 Å². The zero-order valence-electron chi connectivity index (χ0n) is 15.6. The Bertz CT molecular complexity index is 344. The Balaban J connectivity index is 0.00000139. The maximum absolute atomic E-state index is 8.72. The summed E-state index contributed by atoms with van der Waals surface area (Å²) >= 11 is 1.43. The van der Waals surface area contributed by atoms with E-state index in [1.165, 1.54) is 25.0 Å². The molecule has 0 aromatic heterocycles. The van der Waals surface area contributed by atoms with Crippen molar-refractivity contribution in [2.75, 3.05) is 20.3 Å². The summed E-state index contributed by atoms with van der Waals surface area (Å²) in [6.45, 7) is 5.19. The van der Waals surface area contributed by atoms with Crippen LogP contribution >= 0.6 is 12.1 Å². The van der Waals surface area contributed by atoms with E-state index in [9.17, 15) is 0 Å². The maximum atomic E-state index is 8.72. The molecule has 24 heavy (non-hydrogen) atoms. The second kappa shape index (κ2) is 13.1. The fourth-order valence-corrected chi connectivity index (χ4v) is 3.62. The molecule has 0 heterocycles. The second-order valence-electron chi connectivity index (χ2n) is 6.14. The van der Waals surface area contributed by atoms with E-state index in [2.05, 4.69) is 21.6 Å². The van der Waals surface area contributed by atoms with Crippen molar-refractivity contribution in [3.63, 3.8) is 0 Å². The maximum Gasteiger partial charge on any atom is 0.226 e. The first kappa shape index (κ1) is 21.9. The van der Waals surface area contributed by atoms with Crippen LogP contribution in [0.4, 0.5) is 0 Å². The first-order chi connectivity index (χ1) is 11.8. The molecule has 0 spiro atoms. The third-order valence-electron chi connectivity index (χ3n) is 4.48. The number of aliphatic hydroxyl groups is 1. The zero-order chi connectivity index (χ0) is 17.7. The van der Waals surface area contributed by atoms with E-state index in [4.69, 9.17) is 14.6 Å². The Morgan fingerprint density at radius 1 is 1.25 bits per heavy atom. The molecule has 0 radical (unpaired) electrons. The third kappa shape index (κ3) is 7.85. The number of aliphatic hydroxyl groups excluding tert-OH is 1. The third-order valence-corrected chi connectivity index (χ3v) is 5.14. The van der Waals surface area contributed by atoms with Crippen molar-refractivity contribution < 1.29 is 14.6 Å². The molecule has 5 nitrogen and oxygen atoms in total. The van der Waals surface area contributed by atoms with Gasteiger partial charge >= 0.3 is 0 Å². The van der Waals surface area contributed by atoms with Gasteiger partial charge < -0.3 is 14.6 Å². The van der Waals surface area contributed by atoms with Crippen LogP contribution in [0.15, 0.2) is 12.2 Å². The monoisotopic (exact) mass is 360 g/mol. The van der Waals surface area contributed by atoms with Gasteiger partial charge in [-0.05, 0) is 57.3 Å². The van der Waals surface area contributed by atoms with Gasteiger partial charge in [-0.25, -0.2) is 0 Å². The SMILES string of the molecule is CC.COC(NSNCCCCCO)OC12CC/C=C\CCC1C2. The van der Waals surface area contributed by atoms with E-state index in [0.29, 0.717) is 5.92 Å². The molecule has 3 atom stereocenters. The van der Waals surface area contributed by atoms with Gasteiger partial charge in [0, 0.05) is 32.4 Å². The number of hydrogen-bond donors (Lipinski definition) is 3. The molecule has 0 aromatic rings. The summed E-state index contributed by atoms with van der Waals surface area (Å²) in [5, 5.41) is 8.72. The molecule has 2 aliphatic rings. The van der Waals surface area contributed by atoms with Crippen LogP contribution in [0.1, 0.15) is 65.2 Å². The molecule has 6 heteroatoms. The fraction of sp³-hybridized carbons (Fsp3) is 0.889. The predicted octanol–water partition coefficient (Wildman–Crippen LogP) is 3.75. The molecule has 0 aromatic carbocycles. The summed E-state index contributed by atoms with van der Waals surface area (Å²) in [7, 11) is 1.68. The molecule has 2 aliphatic carbocycles. The Morgan fingerprint density at radius 2 is 2.04 bits per heavy atom. The Labute approximate surface area is 152 Å². The Morgan fingerprint density at radius 3 is 2.79 bits per heavy atom. The Hall–Kier alpha value is -0.110. The molecular weight excluding hydrogens is 324 g/mol. The number of allylic oxidation sites excluding steroid dienone is 2. The molecule has 3 unspecified atom stereocenters. The van der Waals surface area contributed by atoms with Gasteiger partial charge in [0.1, 0.15) is 0 Å². The van der Waals surface area contributed by atoms with Gasteiger partial charge in [-0.1, -0.05) is 26.0 Å². The van der Waals surface area contributed by atoms with Crippen LogP contribution in [0.5, 0.6) is 0 Å². The van der Waals surface area contributed by atoms with Gasteiger partial charge in [0.15, 0.2) is 0 Å². The van der Waals surface area contributed by atoms with Crippen molar-refractivity contribution in [2.24, 2.45) is 5.92 Å². The second-order valence-corrected chi connectivity index (χ2v) is 6.87. The number of nitrogens with one attached hydrogen (secondary N) is 2. The molecule has 0 bridgehead atoms. The normalized spacial score (nSPS) is 27.9. The van der Waals surface area contributed by atoms with Crippen LogP contribution in [0.2, 0.25) is 0 Å². The summed E-state index contributed by atoms with van der Waals surface area (Å²) in [5.74, 6) is 0.688. The van der Waals surface area contributed by atoms with E-state index >= 15 is 0 Å². The lowest BCUT2D eigenvalue weighted by Crippen LogP contribution is -2.36. The average Bonchev–Trinajstić information content (AvgIpc) is 3.26. The minimum atomic E-state index is -0.372. The highest BCUT2D eigenvalue weighted by atomic mass is 32.2. The quantitative estimate of drug-likeness (QED) is 0.226.